The molecule has 0 saturated heterocycles. The summed E-state index contributed by atoms with van der Waals surface area (Å²) in [4.78, 5) is 18.3. The standard InChI is InChI=1S/C23H13Cl2N3OS2/c24-17-8-6-15(7-9-17)21(29)28-23-20(19-5-2-10-30-19)27-22(31-23)16(13-26)11-14-3-1-4-18(25)12-14/h1-12H,(H,28,29)/b16-11-. The van der Waals surface area contributed by atoms with Gasteiger partial charge in [0.1, 0.15) is 21.8 Å². The molecule has 152 valence electrons. The number of benzene rings is 2. The first-order chi connectivity index (χ1) is 15.0. The summed E-state index contributed by atoms with van der Waals surface area (Å²) in [5.74, 6) is -0.276. The van der Waals surface area contributed by atoms with Gasteiger partial charge in [-0.3, -0.25) is 4.79 Å². The quantitative estimate of drug-likeness (QED) is 0.300. The summed E-state index contributed by atoms with van der Waals surface area (Å²) in [6.07, 6.45) is 1.73. The maximum absolute atomic E-state index is 12.8. The third-order valence-corrected chi connectivity index (χ3v) is 6.59. The average Bonchev–Trinajstić information content (AvgIpc) is 3.42. The van der Waals surface area contributed by atoms with Crippen molar-refractivity contribution < 1.29 is 4.79 Å². The molecule has 1 amide bonds. The van der Waals surface area contributed by atoms with E-state index in [2.05, 4.69) is 16.4 Å². The average molecular weight is 482 g/mol. The Bertz CT molecular complexity index is 1300. The molecule has 0 radical (unpaired) electrons. The zero-order chi connectivity index (χ0) is 21.8. The molecule has 0 bridgehead atoms. The molecule has 8 heteroatoms. The minimum Gasteiger partial charge on any atom is -0.312 e. The van der Waals surface area contributed by atoms with Gasteiger partial charge in [-0.05, 0) is 59.5 Å². The van der Waals surface area contributed by atoms with E-state index >= 15 is 0 Å². The number of carbonyl (C=O) groups is 1. The number of hydrogen-bond donors (Lipinski definition) is 1. The summed E-state index contributed by atoms with van der Waals surface area (Å²) < 4.78 is 0. The first-order valence-corrected chi connectivity index (χ1v) is 11.5. The summed E-state index contributed by atoms with van der Waals surface area (Å²) in [5.41, 5.74) is 2.29. The molecule has 0 spiro atoms. The highest BCUT2D eigenvalue weighted by molar-refractivity contribution is 7.19. The van der Waals surface area contributed by atoms with Gasteiger partial charge >= 0.3 is 0 Å². The fourth-order valence-electron chi connectivity index (χ4n) is 2.78. The van der Waals surface area contributed by atoms with E-state index in [1.54, 1.807) is 42.5 Å². The Morgan fingerprint density at radius 3 is 2.55 bits per heavy atom. The zero-order valence-electron chi connectivity index (χ0n) is 15.8. The van der Waals surface area contributed by atoms with Crippen molar-refractivity contribution in [2.45, 2.75) is 0 Å². The van der Waals surface area contributed by atoms with Gasteiger partial charge in [-0.1, -0.05) is 52.7 Å². The van der Waals surface area contributed by atoms with Gasteiger partial charge in [-0.25, -0.2) is 4.98 Å². The molecule has 31 heavy (non-hydrogen) atoms. The van der Waals surface area contributed by atoms with E-state index in [1.165, 1.54) is 22.7 Å². The van der Waals surface area contributed by atoms with Crippen LogP contribution in [0.5, 0.6) is 0 Å². The number of halogens is 2. The predicted molar refractivity (Wildman–Crippen MR) is 130 cm³/mol. The molecule has 1 N–H and O–H groups in total. The summed E-state index contributed by atoms with van der Waals surface area (Å²) in [7, 11) is 0. The summed E-state index contributed by atoms with van der Waals surface area (Å²) in [6, 6.07) is 19.9. The number of thiazole rings is 1. The fraction of sp³-hybridized carbons (Fsp3) is 0. The third kappa shape index (κ3) is 5.04. The van der Waals surface area contributed by atoms with Gasteiger partial charge in [0.2, 0.25) is 0 Å². The van der Waals surface area contributed by atoms with E-state index in [4.69, 9.17) is 23.2 Å². The van der Waals surface area contributed by atoms with E-state index in [0.717, 1.165) is 10.4 Å². The molecule has 4 aromatic rings. The number of nitrogens with zero attached hydrogens (tertiary/aromatic N) is 2. The summed E-state index contributed by atoms with van der Waals surface area (Å²) >= 11 is 14.7. The number of nitriles is 1. The Labute approximate surface area is 197 Å². The molecule has 2 aromatic heterocycles. The van der Waals surface area contributed by atoms with Gasteiger partial charge in [-0.2, -0.15) is 5.26 Å². The highest BCUT2D eigenvalue weighted by Crippen LogP contribution is 2.38. The lowest BCUT2D eigenvalue weighted by atomic mass is 10.1. The number of nitrogens with one attached hydrogen (secondary N) is 1. The maximum atomic E-state index is 12.8. The maximum Gasteiger partial charge on any atom is 0.256 e. The Morgan fingerprint density at radius 1 is 1.06 bits per heavy atom. The molecule has 0 aliphatic rings. The van der Waals surface area contributed by atoms with Gasteiger partial charge in [0.25, 0.3) is 5.91 Å². The van der Waals surface area contributed by atoms with Crippen molar-refractivity contribution in [3.05, 3.63) is 92.2 Å². The van der Waals surface area contributed by atoms with Crippen molar-refractivity contribution in [1.82, 2.24) is 4.98 Å². The van der Waals surface area contributed by atoms with Crippen LogP contribution in [0.2, 0.25) is 10.0 Å². The van der Waals surface area contributed by atoms with Gasteiger partial charge in [0, 0.05) is 15.6 Å². The van der Waals surface area contributed by atoms with Gasteiger partial charge in [-0.15, -0.1) is 11.3 Å². The monoisotopic (exact) mass is 481 g/mol. The second kappa shape index (κ2) is 9.46. The van der Waals surface area contributed by atoms with Crippen LogP contribution in [-0.4, -0.2) is 10.9 Å². The predicted octanol–water partition coefficient (Wildman–Crippen LogP) is 7.49. The van der Waals surface area contributed by atoms with E-state index in [1.807, 2.05) is 29.6 Å². The molecule has 0 unspecified atom stereocenters. The van der Waals surface area contributed by atoms with Crippen LogP contribution in [0.4, 0.5) is 5.00 Å². The first-order valence-electron chi connectivity index (χ1n) is 9.03. The fourth-order valence-corrected chi connectivity index (χ4v) is 4.83. The largest absolute Gasteiger partial charge is 0.312 e. The molecular formula is C23H13Cl2N3OS2. The van der Waals surface area contributed by atoms with Crippen LogP contribution in [-0.2, 0) is 0 Å². The number of allylic oxidation sites excluding steroid dienone is 1. The van der Waals surface area contributed by atoms with Crippen LogP contribution >= 0.6 is 45.9 Å². The SMILES string of the molecule is N#C/C(=C/c1cccc(Cl)c1)c1nc(-c2cccs2)c(NC(=O)c2ccc(Cl)cc2)s1. The third-order valence-electron chi connectivity index (χ3n) is 4.23. The Kier molecular flexibility index (Phi) is 6.50. The molecule has 4 nitrogen and oxygen atoms in total. The van der Waals surface area contributed by atoms with Crippen molar-refractivity contribution in [2.75, 3.05) is 5.32 Å². The molecule has 0 aliphatic carbocycles. The van der Waals surface area contributed by atoms with Gasteiger partial charge < -0.3 is 5.32 Å². The first kappa shape index (κ1) is 21.3. The number of anilines is 1. The Balaban J connectivity index is 1.72. The van der Waals surface area contributed by atoms with Crippen molar-refractivity contribution in [3.63, 3.8) is 0 Å². The molecule has 0 fully saturated rings. The lowest BCUT2D eigenvalue weighted by Crippen LogP contribution is -2.11. The number of rotatable bonds is 5. The smallest absolute Gasteiger partial charge is 0.256 e. The van der Waals surface area contributed by atoms with Crippen LogP contribution in [0.25, 0.3) is 22.2 Å². The van der Waals surface area contributed by atoms with Crippen molar-refractivity contribution >= 4 is 68.4 Å². The van der Waals surface area contributed by atoms with Crippen molar-refractivity contribution in [2.24, 2.45) is 0 Å². The molecule has 0 atom stereocenters. The normalized spacial score (nSPS) is 11.2. The second-order valence-electron chi connectivity index (χ2n) is 6.36. The minimum atomic E-state index is -0.276. The lowest BCUT2D eigenvalue weighted by molar-refractivity contribution is 0.102. The van der Waals surface area contributed by atoms with Crippen LogP contribution in [0.3, 0.4) is 0 Å². The number of hydrogen-bond acceptors (Lipinski definition) is 5. The Hall–Kier alpha value is -2.95. The number of thiophene rings is 1. The number of carbonyl (C=O) groups excluding carboxylic acids is 1. The van der Waals surface area contributed by atoms with Gasteiger partial charge in [0.05, 0.1) is 10.5 Å². The molecule has 2 aromatic carbocycles. The summed E-state index contributed by atoms with van der Waals surface area (Å²) in [6.45, 7) is 0. The van der Waals surface area contributed by atoms with Crippen LogP contribution < -0.4 is 5.32 Å². The topological polar surface area (TPSA) is 65.8 Å². The number of aromatic nitrogens is 1. The van der Waals surface area contributed by atoms with E-state index in [0.29, 0.717) is 36.9 Å². The van der Waals surface area contributed by atoms with Crippen LogP contribution in [0.15, 0.2) is 66.0 Å². The molecule has 0 aliphatic heterocycles. The zero-order valence-corrected chi connectivity index (χ0v) is 18.9. The van der Waals surface area contributed by atoms with E-state index in [9.17, 15) is 10.1 Å². The molecule has 4 rings (SSSR count). The highest BCUT2D eigenvalue weighted by Gasteiger charge is 2.19. The summed E-state index contributed by atoms with van der Waals surface area (Å²) in [5, 5.41) is 16.8. The molecule has 2 heterocycles. The van der Waals surface area contributed by atoms with Crippen molar-refractivity contribution in [3.8, 4) is 16.6 Å². The highest BCUT2D eigenvalue weighted by atomic mass is 35.5. The van der Waals surface area contributed by atoms with Crippen LogP contribution in [0.1, 0.15) is 20.9 Å². The van der Waals surface area contributed by atoms with E-state index in [-0.39, 0.29) is 5.91 Å². The molecular weight excluding hydrogens is 469 g/mol. The minimum absolute atomic E-state index is 0.276. The number of amides is 1. The van der Waals surface area contributed by atoms with Gasteiger partial charge in [0.15, 0.2) is 0 Å². The van der Waals surface area contributed by atoms with E-state index < -0.39 is 0 Å². The lowest BCUT2D eigenvalue weighted by Gasteiger charge is -2.04. The molecule has 0 saturated carbocycles. The second-order valence-corrected chi connectivity index (χ2v) is 9.18. The van der Waals surface area contributed by atoms with Crippen molar-refractivity contribution in [1.29, 1.82) is 5.26 Å². The van der Waals surface area contributed by atoms with Crippen LogP contribution in [0, 0.1) is 11.3 Å². The Morgan fingerprint density at radius 2 is 1.87 bits per heavy atom.